The van der Waals surface area contributed by atoms with Crippen LogP contribution in [0.5, 0.6) is 5.75 Å². The third-order valence-corrected chi connectivity index (χ3v) is 4.66. The van der Waals surface area contributed by atoms with Crippen LogP contribution < -0.4 is 4.74 Å². The van der Waals surface area contributed by atoms with Crippen LogP contribution >= 0.6 is 11.8 Å². The molecular weight excluding hydrogens is 423 g/mol. The molecule has 154 valence electrons. The number of thioether (sulfide) groups is 1. The average molecular weight is 434 g/mol. The van der Waals surface area contributed by atoms with Crippen LogP contribution in [0.3, 0.4) is 0 Å². The number of halogens is 9. The van der Waals surface area contributed by atoms with Crippen molar-refractivity contribution in [3.63, 3.8) is 0 Å². The molecule has 2 aromatic rings. The molecule has 0 aliphatic carbocycles. The van der Waals surface area contributed by atoms with Gasteiger partial charge in [0.25, 0.3) is 0 Å². The van der Waals surface area contributed by atoms with Gasteiger partial charge in [-0.15, -0.1) is 11.8 Å². The van der Waals surface area contributed by atoms with E-state index in [1.165, 1.54) is 6.92 Å². The topological polar surface area (TPSA) is 9.23 Å². The van der Waals surface area contributed by atoms with Gasteiger partial charge in [0, 0.05) is 10.5 Å². The predicted molar refractivity (Wildman–Crippen MR) is 83.6 cm³/mol. The van der Waals surface area contributed by atoms with Gasteiger partial charge >= 0.3 is 12.1 Å². The number of rotatable bonds is 6. The molecule has 28 heavy (non-hydrogen) atoms. The van der Waals surface area contributed by atoms with E-state index in [1.807, 2.05) is 0 Å². The zero-order valence-electron chi connectivity index (χ0n) is 13.9. The monoisotopic (exact) mass is 434 g/mol. The van der Waals surface area contributed by atoms with E-state index in [4.69, 9.17) is 0 Å². The standard InChI is InChI=1S/C17H11F9OS/c1-8-2-10(18)13(5-14(8)28-7-17(24,25)26)27-6-16(22,23)9-3-11(19)15(21)12(20)4-9/h2-5H,6-7H2,1H3. The summed E-state index contributed by atoms with van der Waals surface area (Å²) in [5.41, 5.74) is -1.11. The molecule has 0 aromatic heterocycles. The maximum Gasteiger partial charge on any atom is 0.398 e. The van der Waals surface area contributed by atoms with E-state index in [1.54, 1.807) is 0 Å². The summed E-state index contributed by atoms with van der Waals surface area (Å²) in [5.74, 6) is -12.8. The number of hydrogen-bond acceptors (Lipinski definition) is 2. The zero-order valence-corrected chi connectivity index (χ0v) is 14.8. The summed E-state index contributed by atoms with van der Waals surface area (Å²) < 4.78 is 123. The molecule has 0 fully saturated rings. The molecule has 1 nitrogen and oxygen atoms in total. The van der Waals surface area contributed by atoms with Gasteiger partial charge in [0.05, 0.1) is 5.75 Å². The van der Waals surface area contributed by atoms with Crippen LogP contribution in [-0.2, 0) is 5.92 Å². The fourth-order valence-electron chi connectivity index (χ4n) is 2.08. The van der Waals surface area contributed by atoms with Gasteiger partial charge in [-0.2, -0.15) is 22.0 Å². The second-order valence-corrected chi connectivity index (χ2v) is 6.72. The number of benzene rings is 2. The molecule has 0 saturated carbocycles. The van der Waals surface area contributed by atoms with Crippen LogP contribution in [0.15, 0.2) is 29.2 Å². The Labute approximate surface area is 157 Å². The van der Waals surface area contributed by atoms with Crippen LogP contribution in [-0.4, -0.2) is 18.5 Å². The van der Waals surface area contributed by atoms with Crippen molar-refractivity contribution >= 4 is 11.8 Å². The third kappa shape index (κ3) is 5.49. The number of hydrogen-bond donors (Lipinski definition) is 0. The van der Waals surface area contributed by atoms with Gasteiger partial charge in [0.2, 0.25) is 0 Å². The molecule has 2 rings (SSSR count). The van der Waals surface area contributed by atoms with Crippen LogP contribution in [0, 0.1) is 30.2 Å². The van der Waals surface area contributed by atoms with Crippen molar-refractivity contribution in [1.82, 2.24) is 0 Å². The summed E-state index contributed by atoms with van der Waals surface area (Å²) in [7, 11) is 0. The highest BCUT2D eigenvalue weighted by atomic mass is 32.2. The Bertz CT molecular complexity index is 841. The van der Waals surface area contributed by atoms with E-state index in [0.29, 0.717) is 11.8 Å². The first kappa shape index (κ1) is 22.3. The average Bonchev–Trinajstić information content (AvgIpc) is 2.56. The maximum absolute atomic E-state index is 14.1. The zero-order chi connectivity index (χ0) is 21.3. The number of ether oxygens (including phenoxy) is 1. The summed E-state index contributed by atoms with van der Waals surface area (Å²) in [4.78, 5) is -0.0455. The molecule has 0 unspecified atom stereocenters. The lowest BCUT2D eigenvalue weighted by Crippen LogP contribution is -2.24. The molecule has 0 aliphatic heterocycles. The van der Waals surface area contributed by atoms with Crippen LogP contribution in [0.4, 0.5) is 39.5 Å². The molecule has 0 saturated heterocycles. The van der Waals surface area contributed by atoms with Crippen LogP contribution in [0.2, 0.25) is 0 Å². The van der Waals surface area contributed by atoms with E-state index >= 15 is 0 Å². The summed E-state index contributed by atoms with van der Waals surface area (Å²) in [6.45, 7) is -0.259. The Morgan fingerprint density at radius 3 is 1.96 bits per heavy atom. The van der Waals surface area contributed by atoms with Crippen molar-refractivity contribution < 1.29 is 44.3 Å². The van der Waals surface area contributed by atoms with E-state index in [0.717, 1.165) is 12.1 Å². The minimum Gasteiger partial charge on any atom is -0.484 e. The summed E-state index contributed by atoms with van der Waals surface area (Å²) in [6.07, 6.45) is -4.50. The van der Waals surface area contributed by atoms with Gasteiger partial charge in [-0.1, -0.05) is 0 Å². The smallest absolute Gasteiger partial charge is 0.398 e. The lowest BCUT2D eigenvalue weighted by Gasteiger charge is -2.19. The first-order valence-corrected chi connectivity index (χ1v) is 8.44. The number of aryl methyl sites for hydroxylation is 1. The molecular formula is C17H11F9OS. The van der Waals surface area contributed by atoms with E-state index in [-0.39, 0.29) is 22.6 Å². The third-order valence-electron chi connectivity index (χ3n) is 3.44. The van der Waals surface area contributed by atoms with Gasteiger partial charge in [0.1, 0.15) is 0 Å². The van der Waals surface area contributed by atoms with Crippen LogP contribution in [0.1, 0.15) is 11.1 Å². The summed E-state index contributed by atoms with van der Waals surface area (Å²) in [6, 6.07) is 1.77. The predicted octanol–water partition coefficient (Wildman–Crippen LogP) is 6.38. The largest absolute Gasteiger partial charge is 0.484 e. The van der Waals surface area contributed by atoms with Gasteiger partial charge in [-0.05, 0) is 36.8 Å². The lowest BCUT2D eigenvalue weighted by molar-refractivity contribution is -0.105. The fourth-order valence-corrected chi connectivity index (χ4v) is 2.87. The van der Waals surface area contributed by atoms with Gasteiger partial charge < -0.3 is 4.74 Å². The SMILES string of the molecule is Cc1cc(F)c(OCC(F)(F)c2cc(F)c(F)c(F)c2)cc1SCC(F)(F)F. The lowest BCUT2D eigenvalue weighted by atomic mass is 10.1. The Balaban J connectivity index is 2.21. The molecule has 0 radical (unpaired) electrons. The molecule has 0 spiro atoms. The molecule has 2 aromatic carbocycles. The van der Waals surface area contributed by atoms with Gasteiger partial charge in [0.15, 0.2) is 35.6 Å². The van der Waals surface area contributed by atoms with Crippen molar-refractivity contribution in [2.24, 2.45) is 0 Å². The first-order valence-electron chi connectivity index (χ1n) is 7.45. The molecule has 0 atom stereocenters. The normalized spacial score (nSPS) is 12.4. The summed E-state index contributed by atoms with van der Waals surface area (Å²) >= 11 is 0.312. The molecule has 0 N–H and O–H groups in total. The fraction of sp³-hybridized carbons (Fsp3) is 0.294. The first-order chi connectivity index (χ1) is 12.8. The van der Waals surface area contributed by atoms with E-state index in [9.17, 15) is 39.5 Å². The molecule has 0 aliphatic rings. The van der Waals surface area contributed by atoms with Gasteiger partial charge in [-0.25, -0.2) is 17.6 Å². The van der Waals surface area contributed by atoms with Crippen molar-refractivity contribution in [3.05, 3.63) is 58.7 Å². The molecule has 0 amide bonds. The second-order valence-electron chi connectivity index (χ2n) is 5.70. The minimum atomic E-state index is -4.50. The van der Waals surface area contributed by atoms with E-state index in [2.05, 4.69) is 4.74 Å². The highest BCUT2D eigenvalue weighted by Crippen LogP contribution is 2.35. The Kier molecular flexibility index (Phi) is 6.47. The van der Waals surface area contributed by atoms with Gasteiger partial charge in [-0.3, -0.25) is 0 Å². The highest BCUT2D eigenvalue weighted by molar-refractivity contribution is 7.99. The quantitative estimate of drug-likeness (QED) is 0.297. The van der Waals surface area contributed by atoms with Crippen molar-refractivity contribution in [1.29, 1.82) is 0 Å². The molecule has 0 heterocycles. The Morgan fingerprint density at radius 1 is 0.857 bits per heavy atom. The molecule has 0 bridgehead atoms. The van der Waals surface area contributed by atoms with Crippen LogP contribution in [0.25, 0.3) is 0 Å². The second kappa shape index (κ2) is 8.14. The summed E-state index contributed by atoms with van der Waals surface area (Å²) in [5, 5.41) is 0. The van der Waals surface area contributed by atoms with E-state index < -0.39 is 59.0 Å². The Hall–Kier alpha value is -2.04. The van der Waals surface area contributed by atoms with Crippen molar-refractivity contribution in [2.45, 2.75) is 23.9 Å². The number of alkyl halides is 5. The van der Waals surface area contributed by atoms with Crippen molar-refractivity contribution in [2.75, 3.05) is 12.4 Å². The highest BCUT2D eigenvalue weighted by Gasteiger charge is 2.35. The Morgan fingerprint density at radius 2 is 1.43 bits per heavy atom. The van der Waals surface area contributed by atoms with Crippen molar-refractivity contribution in [3.8, 4) is 5.75 Å². The molecule has 11 heteroatoms. The minimum absolute atomic E-state index is 0.0455. The maximum atomic E-state index is 14.1.